The number of nitrogens with zero attached hydrogens (tertiary/aromatic N) is 4. The number of hydrogen-bond acceptors (Lipinski definition) is 6. The van der Waals surface area contributed by atoms with Gasteiger partial charge in [0.15, 0.2) is 5.65 Å². The summed E-state index contributed by atoms with van der Waals surface area (Å²) < 4.78 is 0. The third-order valence-electron chi connectivity index (χ3n) is 4.03. The molecule has 0 aliphatic carbocycles. The SMILES string of the molecule is c1cnc2nc(N3CCC4NNCC4C3)ccc2n1. The molecule has 4 rings (SSSR count). The molecule has 2 aromatic heterocycles. The van der Waals surface area contributed by atoms with E-state index in [0.717, 1.165) is 43.0 Å². The van der Waals surface area contributed by atoms with E-state index in [1.165, 1.54) is 0 Å². The minimum atomic E-state index is 0.608. The van der Waals surface area contributed by atoms with Gasteiger partial charge in [0.05, 0.1) is 0 Å². The smallest absolute Gasteiger partial charge is 0.180 e. The van der Waals surface area contributed by atoms with Crippen molar-refractivity contribution in [1.29, 1.82) is 0 Å². The Hall–Kier alpha value is -1.79. The quantitative estimate of drug-likeness (QED) is 0.766. The van der Waals surface area contributed by atoms with Crippen molar-refractivity contribution in [3.8, 4) is 0 Å². The standard InChI is InChI=1S/C13H16N6/c1-2-12(17-13-11(1)14-4-5-15-13)19-6-3-10-9(8-19)7-16-18-10/h1-2,4-5,9-10,16,18H,3,6-8H2. The Morgan fingerprint density at radius 3 is 3.16 bits per heavy atom. The molecule has 0 spiro atoms. The van der Waals surface area contributed by atoms with Crippen LogP contribution in [-0.4, -0.2) is 40.6 Å². The third kappa shape index (κ3) is 1.93. The molecule has 2 aliphatic heterocycles. The number of anilines is 1. The minimum absolute atomic E-state index is 0.608. The van der Waals surface area contributed by atoms with E-state index in [4.69, 9.17) is 0 Å². The number of fused-ring (bicyclic) bond motifs is 2. The van der Waals surface area contributed by atoms with Gasteiger partial charge in [-0.25, -0.2) is 9.97 Å². The monoisotopic (exact) mass is 256 g/mol. The van der Waals surface area contributed by atoms with Gasteiger partial charge in [-0.3, -0.25) is 15.8 Å². The maximum atomic E-state index is 4.62. The van der Waals surface area contributed by atoms with Crippen LogP contribution in [-0.2, 0) is 0 Å². The molecule has 0 amide bonds. The van der Waals surface area contributed by atoms with Gasteiger partial charge in [-0.1, -0.05) is 0 Å². The number of pyridine rings is 1. The fraction of sp³-hybridized carbons (Fsp3) is 0.462. The number of piperidine rings is 1. The maximum absolute atomic E-state index is 4.62. The van der Waals surface area contributed by atoms with Crippen molar-refractivity contribution in [3.05, 3.63) is 24.5 Å². The normalized spacial score (nSPS) is 26.6. The third-order valence-corrected chi connectivity index (χ3v) is 4.03. The summed E-state index contributed by atoms with van der Waals surface area (Å²) in [5.41, 5.74) is 8.17. The van der Waals surface area contributed by atoms with Gasteiger partial charge in [0.25, 0.3) is 0 Å². The Labute approximate surface area is 111 Å². The minimum Gasteiger partial charge on any atom is -0.356 e. The van der Waals surface area contributed by atoms with Crippen molar-refractivity contribution in [2.75, 3.05) is 24.5 Å². The Morgan fingerprint density at radius 2 is 2.16 bits per heavy atom. The van der Waals surface area contributed by atoms with Crippen LogP contribution in [0.4, 0.5) is 5.82 Å². The predicted molar refractivity (Wildman–Crippen MR) is 72.6 cm³/mol. The molecule has 4 heterocycles. The molecular formula is C13H16N6. The van der Waals surface area contributed by atoms with E-state index in [-0.39, 0.29) is 0 Å². The Balaban J connectivity index is 1.63. The zero-order chi connectivity index (χ0) is 12.7. The van der Waals surface area contributed by atoms with E-state index in [1.54, 1.807) is 12.4 Å². The molecule has 2 atom stereocenters. The topological polar surface area (TPSA) is 66.0 Å². The summed E-state index contributed by atoms with van der Waals surface area (Å²) in [5.74, 6) is 1.67. The average molecular weight is 256 g/mol. The molecule has 2 N–H and O–H groups in total. The molecule has 2 saturated heterocycles. The Kier molecular flexibility index (Phi) is 2.56. The molecular weight excluding hydrogens is 240 g/mol. The molecule has 6 nitrogen and oxygen atoms in total. The van der Waals surface area contributed by atoms with Gasteiger partial charge >= 0.3 is 0 Å². The van der Waals surface area contributed by atoms with E-state index in [9.17, 15) is 0 Å². The molecule has 0 saturated carbocycles. The lowest BCUT2D eigenvalue weighted by Gasteiger charge is -2.34. The van der Waals surface area contributed by atoms with Crippen molar-refractivity contribution < 1.29 is 0 Å². The first-order valence-electron chi connectivity index (χ1n) is 6.71. The van der Waals surface area contributed by atoms with E-state index in [0.29, 0.717) is 12.0 Å². The van der Waals surface area contributed by atoms with Crippen LogP contribution in [0.1, 0.15) is 6.42 Å². The zero-order valence-electron chi connectivity index (χ0n) is 10.6. The van der Waals surface area contributed by atoms with Gasteiger partial charge < -0.3 is 4.90 Å². The molecule has 19 heavy (non-hydrogen) atoms. The van der Waals surface area contributed by atoms with Crippen LogP contribution in [0.3, 0.4) is 0 Å². The average Bonchev–Trinajstić information content (AvgIpc) is 2.94. The molecule has 98 valence electrons. The molecule has 2 unspecified atom stereocenters. The lowest BCUT2D eigenvalue weighted by Crippen LogP contribution is -2.45. The van der Waals surface area contributed by atoms with Crippen molar-refractivity contribution >= 4 is 17.0 Å². The summed E-state index contributed by atoms with van der Waals surface area (Å²) in [7, 11) is 0. The number of aromatic nitrogens is 3. The molecule has 2 aliphatic rings. The van der Waals surface area contributed by atoms with Gasteiger partial charge in [-0.05, 0) is 18.6 Å². The molecule has 0 bridgehead atoms. The Bertz CT molecular complexity index is 600. The zero-order valence-corrected chi connectivity index (χ0v) is 10.6. The van der Waals surface area contributed by atoms with Gasteiger partial charge in [0, 0.05) is 44.0 Å². The number of nitrogens with one attached hydrogen (secondary N) is 2. The largest absolute Gasteiger partial charge is 0.356 e. The highest BCUT2D eigenvalue weighted by Crippen LogP contribution is 2.24. The van der Waals surface area contributed by atoms with Crippen LogP contribution >= 0.6 is 0 Å². The molecule has 2 fully saturated rings. The Morgan fingerprint density at radius 1 is 1.21 bits per heavy atom. The van der Waals surface area contributed by atoms with Crippen molar-refractivity contribution in [2.45, 2.75) is 12.5 Å². The summed E-state index contributed by atoms with van der Waals surface area (Å²) >= 11 is 0. The number of rotatable bonds is 1. The highest BCUT2D eigenvalue weighted by molar-refractivity contribution is 5.71. The fourth-order valence-corrected chi connectivity index (χ4v) is 2.98. The van der Waals surface area contributed by atoms with E-state index < -0.39 is 0 Å². The van der Waals surface area contributed by atoms with E-state index in [1.807, 2.05) is 12.1 Å². The molecule has 6 heteroatoms. The summed E-state index contributed by atoms with van der Waals surface area (Å²) in [6.45, 7) is 3.12. The highest BCUT2D eigenvalue weighted by atomic mass is 15.4. The van der Waals surface area contributed by atoms with Crippen molar-refractivity contribution in [2.24, 2.45) is 5.92 Å². The second-order valence-electron chi connectivity index (χ2n) is 5.20. The first-order valence-corrected chi connectivity index (χ1v) is 6.71. The first kappa shape index (κ1) is 11.1. The van der Waals surface area contributed by atoms with Crippen LogP contribution in [0.5, 0.6) is 0 Å². The van der Waals surface area contributed by atoms with Crippen LogP contribution in [0.2, 0.25) is 0 Å². The van der Waals surface area contributed by atoms with Crippen LogP contribution in [0.15, 0.2) is 24.5 Å². The fourth-order valence-electron chi connectivity index (χ4n) is 2.98. The molecule has 0 radical (unpaired) electrons. The first-order chi connectivity index (χ1) is 9.40. The second kappa shape index (κ2) is 4.40. The van der Waals surface area contributed by atoms with E-state index in [2.05, 4.69) is 30.7 Å². The highest BCUT2D eigenvalue weighted by Gasteiger charge is 2.33. The van der Waals surface area contributed by atoms with Crippen LogP contribution in [0, 0.1) is 5.92 Å². The number of hydrogen-bond donors (Lipinski definition) is 2. The van der Waals surface area contributed by atoms with Gasteiger partial charge in [-0.15, -0.1) is 0 Å². The van der Waals surface area contributed by atoms with Gasteiger partial charge in [0.1, 0.15) is 11.3 Å². The lowest BCUT2D eigenvalue weighted by atomic mass is 9.94. The predicted octanol–water partition coefficient (Wildman–Crippen LogP) is 0.327. The summed E-state index contributed by atoms with van der Waals surface area (Å²) in [4.78, 5) is 15.5. The second-order valence-corrected chi connectivity index (χ2v) is 5.20. The van der Waals surface area contributed by atoms with Crippen LogP contribution in [0.25, 0.3) is 11.2 Å². The van der Waals surface area contributed by atoms with Gasteiger partial charge in [0.2, 0.25) is 0 Å². The summed E-state index contributed by atoms with van der Waals surface area (Å²) in [6.07, 6.45) is 4.54. The molecule has 0 aromatic carbocycles. The van der Waals surface area contributed by atoms with Crippen molar-refractivity contribution in [1.82, 2.24) is 25.8 Å². The summed E-state index contributed by atoms with van der Waals surface area (Å²) in [6, 6.07) is 4.66. The van der Waals surface area contributed by atoms with Crippen LogP contribution < -0.4 is 15.8 Å². The number of hydrazine groups is 1. The van der Waals surface area contributed by atoms with Gasteiger partial charge in [-0.2, -0.15) is 0 Å². The lowest BCUT2D eigenvalue weighted by molar-refractivity contribution is 0.383. The van der Waals surface area contributed by atoms with E-state index >= 15 is 0 Å². The molecule has 2 aromatic rings. The summed E-state index contributed by atoms with van der Waals surface area (Å²) in [5, 5.41) is 0. The van der Waals surface area contributed by atoms with Crippen molar-refractivity contribution in [3.63, 3.8) is 0 Å². The maximum Gasteiger partial charge on any atom is 0.180 e.